The van der Waals surface area contributed by atoms with Gasteiger partial charge < -0.3 is 9.84 Å². The van der Waals surface area contributed by atoms with Crippen LogP contribution in [-0.4, -0.2) is 16.2 Å². The highest BCUT2D eigenvalue weighted by Crippen LogP contribution is 2.38. The number of fused-ring (bicyclic) bond motifs is 1. The van der Waals surface area contributed by atoms with Crippen LogP contribution in [0.5, 0.6) is 0 Å². The third-order valence-electron chi connectivity index (χ3n) is 4.38. The van der Waals surface area contributed by atoms with Crippen molar-refractivity contribution < 1.29 is 4.52 Å². The normalized spacial score (nSPS) is 30.4. The molecule has 1 saturated carbocycles. The molecule has 0 bridgehead atoms. The Morgan fingerprint density at radius 3 is 3.11 bits per heavy atom. The molecule has 0 spiro atoms. The number of nitrogens with zero attached hydrogens (tertiary/aromatic N) is 2. The van der Waals surface area contributed by atoms with Gasteiger partial charge in [0.15, 0.2) is 0 Å². The third-order valence-corrected chi connectivity index (χ3v) is 5.07. The number of aromatic nitrogens is 2. The van der Waals surface area contributed by atoms with E-state index in [1.165, 1.54) is 25.7 Å². The Kier molecular flexibility index (Phi) is 2.89. The molecule has 3 atom stereocenters. The van der Waals surface area contributed by atoms with E-state index >= 15 is 0 Å². The minimum Gasteiger partial charge on any atom is -0.337 e. The molecule has 5 heteroatoms. The van der Waals surface area contributed by atoms with Crippen LogP contribution in [0, 0.1) is 5.92 Å². The fraction of sp³-hybridized carbons (Fsp3) is 0.571. The molecule has 3 unspecified atom stereocenters. The van der Waals surface area contributed by atoms with E-state index in [4.69, 9.17) is 4.52 Å². The lowest BCUT2D eigenvalue weighted by molar-refractivity contribution is 0.324. The van der Waals surface area contributed by atoms with Crippen LogP contribution in [0.15, 0.2) is 21.3 Å². The van der Waals surface area contributed by atoms with E-state index in [1.54, 1.807) is 11.3 Å². The fourth-order valence-electron chi connectivity index (χ4n) is 3.40. The largest absolute Gasteiger partial charge is 0.337 e. The van der Waals surface area contributed by atoms with Gasteiger partial charge in [-0.25, -0.2) is 0 Å². The van der Waals surface area contributed by atoms with Crippen LogP contribution in [0.3, 0.4) is 0 Å². The zero-order chi connectivity index (χ0) is 12.7. The Morgan fingerprint density at radius 1 is 1.32 bits per heavy atom. The van der Waals surface area contributed by atoms with Gasteiger partial charge in [0.25, 0.3) is 0 Å². The number of nitrogens with one attached hydrogen (secondary N) is 1. The van der Waals surface area contributed by atoms with Gasteiger partial charge in [-0.15, -0.1) is 0 Å². The van der Waals surface area contributed by atoms with Gasteiger partial charge in [0.1, 0.15) is 0 Å². The first-order chi connectivity index (χ1) is 9.40. The van der Waals surface area contributed by atoms with E-state index in [9.17, 15) is 0 Å². The second-order valence-electron chi connectivity index (χ2n) is 5.57. The van der Waals surface area contributed by atoms with Gasteiger partial charge in [-0.2, -0.15) is 16.3 Å². The van der Waals surface area contributed by atoms with Crippen LogP contribution in [0.1, 0.15) is 44.0 Å². The summed E-state index contributed by atoms with van der Waals surface area (Å²) in [6.07, 6.45) is 6.52. The van der Waals surface area contributed by atoms with Gasteiger partial charge in [0.2, 0.25) is 11.7 Å². The molecule has 3 heterocycles. The molecule has 1 aliphatic heterocycles. The van der Waals surface area contributed by atoms with Gasteiger partial charge in [0, 0.05) is 17.0 Å². The summed E-state index contributed by atoms with van der Waals surface area (Å²) >= 11 is 1.65. The van der Waals surface area contributed by atoms with E-state index in [0.29, 0.717) is 11.9 Å². The first-order valence-corrected chi connectivity index (χ1v) is 7.96. The highest BCUT2D eigenvalue weighted by Gasteiger charge is 2.38. The third kappa shape index (κ3) is 2.11. The molecule has 4 nitrogen and oxygen atoms in total. The molecule has 1 N–H and O–H groups in total. The van der Waals surface area contributed by atoms with Gasteiger partial charge >= 0.3 is 0 Å². The van der Waals surface area contributed by atoms with Crippen molar-refractivity contribution in [2.24, 2.45) is 5.92 Å². The standard InChI is InChI=1S/C14H17N3OS/c1-2-4-11-9(3-1)7-12(15-11)14-16-13(17-18-14)10-5-6-19-8-10/h5-6,8-9,11-12,15H,1-4,7H2. The summed E-state index contributed by atoms with van der Waals surface area (Å²) in [5.41, 5.74) is 1.05. The molecular weight excluding hydrogens is 258 g/mol. The average Bonchev–Trinajstić information content (AvgIpc) is 3.17. The molecule has 2 aliphatic rings. The molecule has 1 aliphatic carbocycles. The van der Waals surface area contributed by atoms with Gasteiger partial charge in [0.05, 0.1) is 6.04 Å². The predicted molar refractivity (Wildman–Crippen MR) is 73.9 cm³/mol. The number of thiophene rings is 1. The van der Waals surface area contributed by atoms with E-state index < -0.39 is 0 Å². The van der Waals surface area contributed by atoms with Crippen LogP contribution in [0.25, 0.3) is 11.4 Å². The molecule has 0 amide bonds. The minimum absolute atomic E-state index is 0.257. The van der Waals surface area contributed by atoms with Crippen LogP contribution in [-0.2, 0) is 0 Å². The first kappa shape index (κ1) is 11.6. The van der Waals surface area contributed by atoms with E-state index in [1.807, 2.05) is 11.4 Å². The van der Waals surface area contributed by atoms with E-state index in [0.717, 1.165) is 23.8 Å². The Labute approximate surface area is 116 Å². The van der Waals surface area contributed by atoms with Crippen molar-refractivity contribution >= 4 is 11.3 Å². The van der Waals surface area contributed by atoms with Gasteiger partial charge in [-0.05, 0) is 36.6 Å². The predicted octanol–water partition coefficient (Wildman–Crippen LogP) is 3.39. The zero-order valence-electron chi connectivity index (χ0n) is 10.7. The van der Waals surface area contributed by atoms with Crippen molar-refractivity contribution in [2.45, 2.75) is 44.2 Å². The quantitative estimate of drug-likeness (QED) is 0.912. The summed E-state index contributed by atoms with van der Waals surface area (Å²) in [6.45, 7) is 0. The molecule has 2 aromatic heterocycles. The first-order valence-electron chi connectivity index (χ1n) is 7.02. The van der Waals surface area contributed by atoms with Gasteiger partial charge in [-0.1, -0.05) is 18.0 Å². The zero-order valence-corrected chi connectivity index (χ0v) is 11.5. The summed E-state index contributed by atoms with van der Waals surface area (Å²) in [5.74, 6) is 2.28. The van der Waals surface area contributed by atoms with Crippen LogP contribution in [0.2, 0.25) is 0 Å². The molecular formula is C14H17N3OS. The summed E-state index contributed by atoms with van der Waals surface area (Å²) < 4.78 is 5.46. The topological polar surface area (TPSA) is 51.0 Å². The summed E-state index contributed by atoms with van der Waals surface area (Å²) in [5, 5.41) is 11.9. The van der Waals surface area contributed by atoms with Crippen molar-refractivity contribution in [1.82, 2.24) is 15.5 Å². The Balaban J connectivity index is 1.54. The average molecular weight is 275 g/mol. The Bertz CT molecular complexity index is 537. The lowest BCUT2D eigenvalue weighted by Gasteiger charge is -2.24. The minimum atomic E-state index is 0.257. The second-order valence-corrected chi connectivity index (χ2v) is 6.35. The monoisotopic (exact) mass is 275 g/mol. The Morgan fingerprint density at radius 2 is 2.26 bits per heavy atom. The lowest BCUT2D eigenvalue weighted by atomic mass is 9.85. The highest BCUT2D eigenvalue weighted by molar-refractivity contribution is 7.08. The van der Waals surface area contributed by atoms with Crippen LogP contribution in [0.4, 0.5) is 0 Å². The summed E-state index contributed by atoms with van der Waals surface area (Å²) in [4.78, 5) is 4.56. The second kappa shape index (κ2) is 4.72. The number of hydrogen-bond acceptors (Lipinski definition) is 5. The Hall–Kier alpha value is -1.20. The van der Waals surface area contributed by atoms with Crippen molar-refractivity contribution in [3.63, 3.8) is 0 Å². The van der Waals surface area contributed by atoms with Crippen molar-refractivity contribution in [3.05, 3.63) is 22.7 Å². The highest BCUT2D eigenvalue weighted by atomic mass is 32.1. The van der Waals surface area contributed by atoms with Gasteiger partial charge in [-0.3, -0.25) is 0 Å². The van der Waals surface area contributed by atoms with E-state index in [2.05, 4.69) is 20.8 Å². The SMILES string of the molecule is c1cc(-c2noc(C3CC4CCCCC4N3)n2)cs1. The lowest BCUT2D eigenvalue weighted by Crippen LogP contribution is -2.30. The molecule has 0 aromatic carbocycles. The molecule has 2 fully saturated rings. The smallest absolute Gasteiger partial charge is 0.244 e. The van der Waals surface area contributed by atoms with Crippen molar-refractivity contribution in [1.29, 1.82) is 0 Å². The summed E-state index contributed by atoms with van der Waals surface area (Å²) in [6, 6.07) is 2.95. The molecule has 100 valence electrons. The number of rotatable bonds is 2. The van der Waals surface area contributed by atoms with Crippen LogP contribution < -0.4 is 5.32 Å². The maximum atomic E-state index is 5.46. The van der Waals surface area contributed by atoms with Crippen LogP contribution >= 0.6 is 11.3 Å². The molecule has 2 aromatic rings. The maximum absolute atomic E-state index is 5.46. The molecule has 4 rings (SSSR count). The summed E-state index contributed by atoms with van der Waals surface area (Å²) in [7, 11) is 0. The van der Waals surface area contributed by atoms with E-state index in [-0.39, 0.29) is 6.04 Å². The maximum Gasteiger partial charge on any atom is 0.244 e. The molecule has 19 heavy (non-hydrogen) atoms. The van der Waals surface area contributed by atoms with Crippen molar-refractivity contribution in [3.8, 4) is 11.4 Å². The number of hydrogen-bond donors (Lipinski definition) is 1. The van der Waals surface area contributed by atoms with Crippen molar-refractivity contribution in [2.75, 3.05) is 0 Å². The molecule has 0 radical (unpaired) electrons. The molecule has 1 saturated heterocycles. The fourth-order valence-corrected chi connectivity index (χ4v) is 4.03.